The molecule has 0 fully saturated rings. The number of hydrogen-bond donors (Lipinski definition) is 0. The summed E-state index contributed by atoms with van der Waals surface area (Å²) in [6.07, 6.45) is 0. The van der Waals surface area contributed by atoms with Gasteiger partial charge in [0.15, 0.2) is 0 Å². The monoisotopic (exact) mass is 433 g/mol. The number of carbonyl (C=O) groups excluding carboxylic acids is 1. The van der Waals surface area contributed by atoms with Gasteiger partial charge in [0, 0.05) is 21.6 Å². The number of hydrogen-bond acceptors (Lipinski definition) is 4. The fourth-order valence-electron chi connectivity index (χ4n) is 2.46. The van der Waals surface area contributed by atoms with Crippen molar-refractivity contribution in [2.75, 3.05) is 0 Å². The minimum atomic E-state index is -0.0926. The van der Waals surface area contributed by atoms with Crippen LogP contribution in [0.1, 0.15) is 30.1 Å². The van der Waals surface area contributed by atoms with Crippen molar-refractivity contribution in [2.24, 2.45) is 0 Å². The Labute approximate surface area is 165 Å². The highest BCUT2D eigenvalue weighted by Crippen LogP contribution is 2.25. The van der Waals surface area contributed by atoms with Crippen molar-refractivity contribution < 1.29 is 9.32 Å². The van der Waals surface area contributed by atoms with Crippen molar-refractivity contribution in [3.8, 4) is 11.4 Å². The van der Waals surface area contributed by atoms with Crippen LogP contribution >= 0.6 is 27.5 Å². The van der Waals surface area contributed by atoms with E-state index in [1.807, 2.05) is 44.2 Å². The van der Waals surface area contributed by atoms with E-state index in [-0.39, 0.29) is 18.5 Å². The highest BCUT2D eigenvalue weighted by molar-refractivity contribution is 9.10. The third-order valence-corrected chi connectivity index (χ3v) is 4.72. The molecular formula is C19H17BrClN3O2. The van der Waals surface area contributed by atoms with Gasteiger partial charge in [0.2, 0.25) is 11.7 Å². The predicted molar refractivity (Wildman–Crippen MR) is 104 cm³/mol. The summed E-state index contributed by atoms with van der Waals surface area (Å²) in [6.45, 7) is 4.12. The van der Waals surface area contributed by atoms with Crippen molar-refractivity contribution in [2.45, 2.75) is 26.4 Å². The molecule has 3 aromatic rings. The minimum absolute atomic E-state index is 0.0261. The van der Waals surface area contributed by atoms with Gasteiger partial charge in [-0.1, -0.05) is 44.8 Å². The number of aromatic nitrogens is 2. The molecule has 1 amide bonds. The quantitative estimate of drug-likeness (QED) is 0.553. The summed E-state index contributed by atoms with van der Waals surface area (Å²) in [5.41, 5.74) is 1.30. The zero-order chi connectivity index (χ0) is 18.7. The summed E-state index contributed by atoms with van der Waals surface area (Å²) in [4.78, 5) is 18.9. The Kier molecular flexibility index (Phi) is 5.74. The molecule has 0 spiro atoms. The smallest absolute Gasteiger partial charge is 0.254 e. The molecule has 3 rings (SSSR count). The Morgan fingerprint density at radius 2 is 1.88 bits per heavy atom. The molecule has 1 heterocycles. The molecule has 1 aromatic heterocycles. The van der Waals surface area contributed by atoms with Crippen LogP contribution in [0.25, 0.3) is 11.4 Å². The highest BCUT2D eigenvalue weighted by Gasteiger charge is 2.22. The summed E-state index contributed by atoms with van der Waals surface area (Å²) >= 11 is 9.55. The van der Waals surface area contributed by atoms with Crippen molar-refractivity contribution in [1.82, 2.24) is 15.0 Å². The van der Waals surface area contributed by atoms with Crippen LogP contribution in [-0.2, 0) is 6.54 Å². The molecule has 0 N–H and O–H groups in total. The maximum Gasteiger partial charge on any atom is 0.254 e. The lowest BCUT2D eigenvalue weighted by Gasteiger charge is -2.25. The van der Waals surface area contributed by atoms with E-state index in [9.17, 15) is 4.79 Å². The normalized spacial score (nSPS) is 11.0. The number of benzene rings is 2. The van der Waals surface area contributed by atoms with Crippen LogP contribution in [0, 0.1) is 0 Å². The van der Waals surface area contributed by atoms with Crippen LogP contribution in [-0.4, -0.2) is 27.0 Å². The Morgan fingerprint density at radius 3 is 2.54 bits per heavy atom. The van der Waals surface area contributed by atoms with E-state index in [0.29, 0.717) is 27.9 Å². The van der Waals surface area contributed by atoms with E-state index in [1.165, 1.54) is 0 Å². The predicted octanol–water partition coefficient (Wildman–Crippen LogP) is 5.20. The molecule has 0 atom stereocenters. The zero-order valence-corrected chi connectivity index (χ0v) is 16.7. The van der Waals surface area contributed by atoms with Gasteiger partial charge in [0.05, 0.1) is 5.02 Å². The molecule has 0 aliphatic carbocycles. The van der Waals surface area contributed by atoms with Crippen molar-refractivity contribution in [3.05, 3.63) is 69.5 Å². The zero-order valence-electron chi connectivity index (χ0n) is 14.3. The van der Waals surface area contributed by atoms with E-state index in [0.717, 1.165) is 4.47 Å². The first-order valence-electron chi connectivity index (χ1n) is 8.09. The van der Waals surface area contributed by atoms with Gasteiger partial charge in [-0.05, 0) is 50.2 Å². The largest absolute Gasteiger partial charge is 0.337 e. The van der Waals surface area contributed by atoms with Gasteiger partial charge < -0.3 is 9.42 Å². The van der Waals surface area contributed by atoms with Gasteiger partial charge in [-0.15, -0.1) is 0 Å². The molecule has 0 bridgehead atoms. The molecule has 0 aliphatic heterocycles. The van der Waals surface area contributed by atoms with Gasteiger partial charge >= 0.3 is 0 Å². The van der Waals surface area contributed by atoms with E-state index >= 15 is 0 Å². The molecule has 134 valence electrons. The summed E-state index contributed by atoms with van der Waals surface area (Å²) in [5.74, 6) is 0.675. The number of carbonyl (C=O) groups is 1. The van der Waals surface area contributed by atoms with Crippen molar-refractivity contribution in [3.63, 3.8) is 0 Å². The van der Waals surface area contributed by atoms with Gasteiger partial charge in [-0.3, -0.25) is 4.79 Å². The summed E-state index contributed by atoms with van der Waals surface area (Å²) in [5, 5.41) is 4.54. The maximum atomic E-state index is 12.8. The summed E-state index contributed by atoms with van der Waals surface area (Å²) < 4.78 is 6.26. The molecule has 0 unspecified atom stereocenters. The fraction of sp³-hybridized carbons (Fsp3) is 0.211. The first-order chi connectivity index (χ1) is 12.5. The number of rotatable bonds is 5. The first kappa shape index (κ1) is 18.6. The van der Waals surface area contributed by atoms with Gasteiger partial charge in [-0.2, -0.15) is 4.98 Å². The molecule has 0 saturated heterocycles. The fourth-order valence-corrected chi connectivity index (χ4v) is 2.95. The average molecular weight is 435 g/mol. The third-order valence-electron chi connectivity index (χ3n) is 3.86. The standard InChI is InChI=1S/C19H17BrClN3O2/c1-12(2)24(19(25)13-7-9-14(20)10-8-13)11-17-22-18(23-26-17)15-5-3-4-6-16(15)21/h3-10,12H,11H2,1-2H3. The number of halogens is 2. The van der Waals surface area contributed by atoms with Crippen LogP contribution in [0.3, 0.4) is 0 Å². The van der Waals surface area contributed by atoms with Crippen LogP contribution < -0.4 is 0 Å². The van der Waals surface area contributed by atoms with E-state index in [4.69, 9.17) is 16.1 Å². The highest BCUT2D eigenvalue weighted by atomic mass is 79.9. The first-order valence-corrected chi connectivity index (χ1v) is 9.27. The maximum absolute atomic E-state index is 12.8. The molecule has 26 heavy (non-hydrogen) atoms. The van der Waals surface area contributed by atoms with Crippen LogP contribution in [0.5, 0.6) is 0 Å². The van der Waals surface area contributed by atoms with Gasteiger partial charge in [0.25, 0.3) is 5.91 Å². The lowest BCUT2D eigenvalue weighted by atomic mass is 10.1. The van der Waals surface area contributed by atoms with Crippen molar-refractivity contribution in [1.29, 1.82) is 0 Å². The topological polar surface area (TPSA) is 59.2 Å². The van der Waals surface area contributed by atoms with E-state index in [2.05, 4.69) is 26.1 Å². The lowest BCUT2D eigenvalue weighted by Crippen LogP contribution is -2.36. The second-order valence-corrected chi connectivity index (χ2v) is 7.35. The second kappa shape index (κ2) is 8.01. The van der Waals surface area contributed by atoms with Crippen LogP contribution in [0.4, 0.5) is 0 Å². The third kappa shape index (κ3) is 4.14. The van der Waals surface area contributed by atoms with Gasteiger partial charge in [-0.25, -0.2) is 0 Å². The molecule has 7 heteroatoms. The second-order valence-electron chi connectivity index (χ2n) is 6.03. The van der Waals surface area contributed by atoms with Crippen LogP contribution in [0.2, 0.25) is 5.02 Å². The molecule has 0 saturated carbocycles. The van der Waals surface area contributed by atoms with E-state index in [1.54, 1.807) is 23.1 Å². The minimum Gasteiger partial charge on any atom is -0.337 e. The summed E-state index contributed by atoms with van der Waals surface area (Å²) in [7, 11) is 0. The lowest BCUT2D eigenvalue weighted by molar-refractivity contribution is 0.0667. The summed E-state index contributed by atoms with van der Waals surface area (Å²) in [6, 6.07) is 14.5. The molecule has 2 aromatic carbocycles. The Bertz CT molecular complexity index is 909. The Balaban J connectivity index is 1.82. The SMILES string of the molecule is CC(C)N(Cc1nc(-c2ccccc2Cl)no1)C(=O)c1ccc(Br)cc1. The average Bonchev–Trinajstić information content (AvgIpc) is 3.08. The number of nitrogens with zero attached hydrogens (tertiary/aromatic N) is 3. The van der Waals surface area contributed by atoms with E-state index < -0.39 is 0 Å². The Morgan fingerprint density at radius 1 is 1.19 bits per heavy atom. The molecule has 0 radical (unpaired) electrons. The number of amides is 1. The molecule has 0 aliphatic rings. The van der Waals surface area contributed by atoms with Crippen molar-refractivity contribution >= 4 is 33.4 Å². The molecular weight excluding hydrogens is 418 g/mol. The molecule has 5 nitrogen and oxygen atoms in total. The van der Waals surface area contributed by atoms with Crippen LogP contribution in [0.15, 0.2) is 57.5 Å². The Hall–Kier alpha value is -2.18. The van der Waals surface area contributed by atoms with Gasteiger partial charge in [0.1, 0.15) is 6.54 Å².